The first kappa shape index (κ1) is 16.3. The van der Waals surface area contributed by atoms with E-state index < -0.39 is 24.9 Å². The molecule has 0 spiro atoms. The first-order chi connectivity index (χ1) is 9.02. The Morgan fingerprint density at radius 3 is 2.80 bits per heavy atom. The summed E-state index contributed by atoms with van der Waals surface area (Å²) in [7, 11) is 0. The molecule has 1 amide bonds. The van der Waals surface area contributed by atoms with Crippen LogP contribution in [0.1, 0.15) is 5.69 Å². The van der Waals surface area contributed by atoms with Crippen molar-refractivity contribution in [2.75, 3.05) is 13.1 Å². The van der Waals surface area contributed by atoms with Crippen LogP contribution in [0.25, 0.3) is 10.9 Å². The summed E-state index contributed by atoms with van der Waals surface area (Å²) < 4.78 is 25.8. The van der Waals surface area contributed by atoms with E-state index in [1.807, 2.05) is 18.2 Å². The van der Waals surface area contributed by atoms with Crippen LogP contribution < -0.4 is 11.1 Å². The number of benzene rings is 1. The van der Waals surface area contributed by atoms with Crippen LogP contribution in [0.15, 0.2) is 24.3 Å². The van der Waals surface area contributed by atoms with Crippen LogP contribution in [0.3, 0.4) is 0 Å². The fourth-order valence-corrected chi connectivity index (χ4v) is 1.67. The molecule has 0 saturated carbocycles. The maximum atomic E-state index is 12.9. The Balaban J connectivity index is 0.00000200. The van der Waals surface area contributed by atoms with Crippen LogP contribution in [-0.2, 0) is 11.2 Å². The molecule has 0 aliphatic carbocycles. The van der Waals surface area contributed by atoms with Gasteiger partial charge in [0.2, 0.25) is 5.91 Å². The smallest absolute Gasteiger partial charge is 0.277 e. The molecule has 20 heavy (non-hydrogen) atoms. The summed E-state index contributed by atoms with van der Waals surface area (Å²) in [4.78, 5) is 11.6. The highest BCUT2D eigenvalue weighted by molar-refractivity contribution is 5.87. The summed E-state index contributed by atoms with van der Waals surface area (Å²) in [6, 6.07) is 7.27. The third-order valence-electron chi connectivity index (χ3n) is 2.72. The lowest BCUT2D eigenvalue weighted by molar-refractivity contribution is -0.122. The highest BCUT2D eigenvalue weighted by Gasteiger charge is 2.27. The number of hydrogen-bond donors (Lipinski definition) is 3. The van der Waals surface area contributed by atoms with E-state index in [1.54, 1.807) is 6.07 Å². The second-order valence-electron chi connectivity index (χ2n) is 4.23. The molecule has 1 heterocycles. The number of para-hydroxylation sites is 1. The zero-order chi connectivity index (χ0) is 13.9. The number of H-pyrrole nitrogens is 1. The summed E-state index contributed by atoms with van der Waals surface area (Å²) in [5.41, 5.74) is 6.22. The number of amides is 1. The van der Waals surface area contributed by atoms with E-state index in [0.29, 0.717) is 5.69 Å². The molecule has 0 unspecified atom stereocenters. The van der Waals surface area contributed by atoms with Gasteiger partial charge in [0.05, 0.1) is 30.7 Å². The summed E-state index contributed by atoms with van der Waals surface area (Å²) in [6.45, 7) is -1.55. The van der Waals surface area contributed by atoms with Crippen LogP contribution in [0.5, 0.6) is 0 Å². The van der Waals surface area contributed by atoms with Gasteiger partial charge in [-0.25, -0.2) is 8.78 Å². The largest absolute Gasteiger partial charge is 0.350 e. The highest BCUT2D eigenvalue weighted by Crippen LogP contribution is 2.15. The monoisotopic (exact) mass is 304 g/mol. The van der Waals surface area contributed by atoms with Crippen molar-refractivity contribution < 1.29 is 13.6 Å². The molecule has 0 atom stereocenters. The van der Waals surface area contributed by atoms with E-state index in [9.17, 15) is 13.6 Å². The minimum absolute atomic E-state index is 0. The third kappa shape index (κ3) is 3.88. The minimum Gasteiger partial charge on any atom is -0.350 e. The van der Waals surface area contributed by atoms with E-state index in [0.717, 1.165) is 10.9 Å². The first-order valence-electron chi connectivity index (χ1n) is 5.78. The Morgan fingerprint density at radius 2 is 2.10 bits per heavy atom. The molecule has 0 saturated heterocycles. The van der Waals surface area contributed by atoms with Crippen LogP contribution in [0, 0.1) is 0 Å². The van der Waals surface area contributed by atoms with Gasteiger partial charge in [0.25, 0.3) is 5.92 Å². The fraction of sp³-hybridized carbons (Fsp3) is 0.333. The van der Waals surface area contributed by atoms with Crippen molar-refractivity contribution in [1.82, 2.24) is 15.5 Å². The number of nitrogens with one attached hydrogen (secondary N) is 2. The van der Waals surface area contributed by atoms with Gasteiger partial charge in [-0.05, 0) is 6.07 Å². The van der Waals surface area contributed by atoms with Crippen molar-refractivity contribution in [3.8, 4) is 0 Å². The Kier molecular flexibility index (Phi) is 5.41. The molecule has 110 valence electrons. The van der Waals surface area contributed by atoms with Gasteiger partial charge in [-0.1, -0.05) is 18.2 Å². The van der Waals surface area contributed by atoms with Crippen molar-refractivity contribution in [2.45, 2.75) is 12.3 Å². The number of carbonyl (C=O) groups is 1. The van der Waals surface area contributed by atoms with E-state index in [4.69, 9.17) is 5.73 Å². The number of fused-ring (bicyclic) bond motifs is 1. The number of alkyl halides is 2. The number of hydrogen-bond acceptors (Lipinski definition) is 3. The Morgan fingerprint density at radius 1 is 1.40 bits per heavy atom. The quantitative estimate of drug-likeness (QED) is 0.777. The van der Waals surface area contributed by atoms with Gasteiger partial charge in [-0.2, -0.15) is 5.10 Å². The molecule has 5 nitrogen and oxygen atoms in total. The average molecular weight is 305 g/mol. The number of carbonyl (C=O) groups excluding carboxylic acids is 1. The maximum Gasteiger partial charge on any atom is 0.277 e. The molecule has 0 fully saturated rings. The number of nitrogens with two attached hydrogens (primary N) is 1. The minimum atomic E-state index is -3.08. The highest BCUT2D eigenvalue weighted by atomic mass is 35.5. The molecular weight excluding hydrogens is 290 g/mol. The lowest BCUT2D eigenvalue weighted by Crippen LogP contribution is -2.42. The maximum absolute atomic E-state index is 12.9. The van der Waals surface area contributed by atoms with E-state index in [1.165, 1.54) is 0 Å². The second kappa shape index (κ2) is 6.62. The Labute approximate surface area is 120 Å². The molecular formula is C12H15ClF2N4O. The second-order valence-corrected chi connectivity index (χ2v) is 4.23. The van der Waals surface area contributed by atoms with Gasteiger partial charge in [0.1, 0.15) is 0 Å². The van der Waals surface area contributed by atoms with Crippen molar-refractivity contribution in [1.29, 1.82) is 0 Å². The molecule has 1 aromatic heterocycles. The normalized spacial score (nSPS) is 11.2. The molecule has 2 rings (SSSR count). The number of aromatic nitrogens is 2. The molecule has 0 radical (unpaired) electrons. The predicted octanol–water partition coefficient (Wildman–Crippen LogP) is 1.24. The van der Waals surface area contributed by atoms with E-state index >= 15 is 0 Å². The molecule has 1 aromatic carbocycles. The molecule has 4 N–H and O–H groups in total. The lowest BCUT2D eigenvalue weighted by atomic mass is 10.1. The standard InChI is InChI=1S/C12H14F2N4O.ClH/c13-12(14,6-15)7-16-11(19)5-10-8-3-1-2-4-9(8)17-18-10;/h1-4H,5-7,15H2,(H,16,19)(H,17,18);1H. The molecule has 0 aliphatic rings. The van der Waals surface area contributed by atoms with Gasteiger partial charge < -0.3 is 11.1 Å². The number of aromatic amines is 1. The molecule has 8 heteroatoms. The van der Waals surface area contributed by atoms with Gasteiger partial charge >= 0.3 is 0 Å². The predicted molar refractivity (Wildman–Crippen MR) is 74.1 cm³/mol. The Bertz CT molecular complexity index is 588. The van der Waals surface area contributed by atoms with Crippen molar-refractivity contribution in [3.63, 3.8) is 0 Å². The SMILES string of the molecule is Cl.NCC(F)(F)CNC(=O)Cc1[nH]nc2ccccc12. The average Bonchev–Trinajstić information content (AvgIpc) is 2.80. The summed E-state index contributed by atoms with van der Waals surface area (Å²) in [6.07, 6.45) is -0.0266. The first-order valence-corrected chi connectivity index (χ1v) is 5.78. The fourth-order valence-electron chi connectivity index (χ4n) is 1.67. The van der Waals surface area contributed by atoms with Gasteiger partial charge in [-0.3, -0.25) is 9.89 Å². The van der Waals surface area contributed by atoms with Crippen molar-refractivity contribution >= 4 is 29.2 Å². The van der Waals surface area contributed by atoms with Crippen molar-refractivity contribution in [2.24, 2.45) is 5.73 Å². The summed E-state index contributed by atoms with van der Waals surface area (Å²) in [5.74, 6) is -3.58. The summed E-state index contributed by atoms with van der Waals surface area (Å²) >= 11 is 0. The molecule has 0 aliphatic heterocycles. The number of nitrogens with zero attached hydrogens (tertiary/aromatic N) is 1. The lowest BCUT2D eigenvalue weighted by Gasteiger charge is -2.14. The molecule has 2 aromatic rings. The Hall–Kier alpha value is -1.73. The number of halogens is 3. The zero-order valence-electron chi connectivity index (χ0n) is 10.5. The van der Waals surface area contributed by atoms with Crippen LogP contribution >= 0.6 is 12.4 Å². The summed E-state index contributed by atoms with van der Waals surface area (Å²) in [5, 5.41) is 9.73. The van der Waals surface area contributed by atoms with Crippen molar-refractivity contribution in [3.05, 3.63) is 30.0 Å². The van der Waals surface area contributed by atoms with Gasteiger partial charge in [-0.15, -0.1) is 12.4 Å². The van der Waals surface area contributed by atoms with Crippen LogP contribution in [-0.4, -0.2) is 35.1 Å². The van der Waals surface area contributed by atoms with Gasteiger partial charge in [0.15, 0.2) is 0 Å². The van der Waals surface area contributed by atoms with Crippen LogP contribution in [0.2, 0.25) is 0 Å². The van der Waals surface area contributed by atoms with E-state index in [2.05, 4.69) is 15.5 Å². The van der Waals surface area contributed by atoms with Gasteiger partial charge in [0, 0.05) is 5.39 Å². The molecule has 0 bridgehead atoms. The zero-order valence-corrected chi connectivity index (χ0v) is 11.3. The topological polar surface area (TPSA) is 83.8 Å². The third-order valence-corrected chi connectivity index (χ3v) is 2.72. The van der Waals surface area contributed by atoms with Crippen LogP contribution in [0.4, 0.5) is 8.78 Å². The van der Waals surface area contributed by atoms with E-state index in [-0.39, 0.29) is 18.8 Å². The number of rotatable bonds is 5.